The minimum absolute atomic E-state index is 0.243. The molecule has 0 bridgehead atoms. The quantitative estimate of drug-likeness (QED) is 0.634. The molecule has 1 saturated heterocycles. The van der Waals surface area contributed by atoms with Crippen molar-refractivity contribution >= 4 is 5.91 Å². The summed E-state index contributed by atoms with van der Waals surface area (Å²) >= 11 is 0. The molecule has 1 atom stereocenters. The van der Waals surface area contributed by atoms with E-state index < -0.39 is 0 Å². The van der Waals surface area contributed by atoms with E-state index in [1.165, 1.54) is 0 Å². The Labute approximate surface area is 73.7 Å². The second-order valence-corrected chi connectivity index (χ2v) is 3.58. The molecule has 1 amide bonds. The lowest BCUT2D eigenvalue weighted by atomic mass is 10.2. The number of hydrogen-bond donors (Lipinski definition) is 0. The molecule has 0 aromatic heterocycles. The topological polar surface area (TPSA) is 29.5 Å². The van der Waals surface area contributed by atoms with E-state index >= 15 is 0 Å². The van der Waals surface area contributed by atoms with Gasteiger partial charge < -0.3 is 9.64 Å². The van der Waals surface area contributed by atoms with E-state index in [4.69, 9.17) is 4.74 Å². The monoisotopic (exact) mass is 171 g/mol. The van der Waals surface area contributed by atoms with Gasteiger partial charge in [0, 0.05) is 13.5 Å². The highest BCUT2D eigenvalue weighted by Gasteiger charge is 2.27. The highest BCUT2D eigenvalue weighted by Crippen LogP contribution is 2.16. The average Bonchev–Trinajstić information content (AvgIpc) is 2.30. The Hall–Kier alpha value is -0.570. The van der Waals surface area contributed by atoms with Gasteiger partial charge >= 0.3 is 0 Å². The first-order valence-electron chi connectivity index (χ1n) is 4.48. The van der Waals surface area contributed by atoms with Crippen molar-refractivity contribution in [2.45, 2.75) is 38.8 Å². The van der Waals surface area contributed by atoms with Gasteiger partial charge in [-0.25, -0.2) is 0 Å². The highest BCUT2D eigenvalue weighted by molar-refractivity contribution is 5.78. The summed E-state index contributed by atoms with van der Waals surface area (Å²) in [6, 6.07) is 0.305. The van der Waals surface area contributed by atoms with Crippen molar-refractivity contribution in [1.82, 2.24) is 4.90 Å². The van der Waals surface area contributed by atoms with Gasteiger partial charge in [-0.1, -0.05) is 0 Å². The van der Waals surface area contributed by atoms with E-state index in [1.807, 2.05) is 20.9 Å². The average molecular weight is 171 g/mol. The second-order valence-electron chi connectivity index (χ2n) is 3.58. The lowest BCUT2D eigenvalue weighted by Crippen LogP contribution is -2.33. The molecular formula is C9H17NO2. The first-order chi connectivity index (χ1) is 5.61. The van der Waals surface area contributed by atoms with Crippen LogP contribution < -0.4 is 0 Å². The number of likely N-dealkylation sites (N-methyl/N-ethyl adjacent to an activating group) is 1. The molecule has 0 aromatic carbocycles. The number of rotatable bonds is 3. The molecule has 3 heteroatoms. The van der Waals surface area contributed by atoms with Crippen molar-refractivity contribution in [2.75, 3.05) is 13.7 Å². The first kappa shape index (κ1) is 9.52. The Morgan fingerprint density at radius 2 is 2.33 bits per heavy atom. The van der Waals surface area contributed by atoms with Crippen LogP contribution in [0, 0.1) is 0 Å². The van der Waals surface area contributed by atoms with Crippen molar-refractivity contribution in [1.29, 1.82) is 0 Å². The summed E-state index contributed by atoms with van der Waals surface area (Å²) in [6.45, 7) is 4.70. The minimum atomic E-state index is 0.243. The number of amides is 1. The van der Waals surface area contributed by atoms with E-state index in [1.54, 1.807) is 4.90 Å². The Morgan fingerprint density at radius 3 is 2.75 bits per heavy atom. The molecule has 12 heavy (non-hydrogen) atoms. The third-order valence-corrected chi connectivity index (χ3v) is 2.25. The van der Waals surface area contributed by atoms with Gasteiger partial charge in [0.15, 0.2) is 0 Å². The van der Waals surface area contributed by atoms with Crippen molar-refractivity contribution < 1.29 is 9.53 Å². The van der Waals surface area contributed by atoms with E-state index in [0.717, 1.165) is 6.42 Å². The zero-order valence-electron chi connectivity index (χ0n) is 8.04. The predicted octanol–water partition coefficient (Wildman–Crippen LogP) is 1.03. The van der Waals surface area contributed by atoms with Crippen LogP contribution in [0.5, 0.6) is 0 Å². The van der Waals surface area contributed by atoms with Gasteiger partial charge in [-0.2, -0.15) is 0 Å². The fourth-order valence-corrected chi connectivity index (χ4v) is 1.36. The minimum Gasteiger partial charge on any atom is -0.377 e. The Morgan fingerprint density at radius 1 is 1.67 bits per heavy atom. The van der Waals surface area contributed by atoms with Gasteiger partial charge in [0.05, 0.1) is 18.8 Å². The highest BCUT2D eigenvalue weighted by atomic mass is 16.5. The van der Waals surface area contributed by atoms with E-state index in [0.29, 0.717) is 19.1 Å². The van der Waals surface area contributed by atoms with Gasteiger partial charge in [0.25, 0.3) is 0 Å². The van der Waals surface area contributed by atoms with E-state index in [9.17, 15) is 4.79 Å². The molecule has 3 nitrogen and oxygen atoms in total. The smallest absolute Gasteiger partial charge is 0.222 e. The maximum atomic E-state index is 11.1. The third-order valence-electron chi connectivity index (χ3n) is 2.25. The van der Waals surface area contributed by atoms with Gasteiger partial charge in [-0.05, 0) is 20.3 Å². The molecule has 0 radical (unpaired) electrons. The molecule has 0 N–H and O–H groups in total. The molecule has 1 fully saturated rings. The summed E-state index contributed by atoms with van der Waals surface area (Å²) in [5.41, 5.74) is 0. The van der Waals surface area contributed by atoms with Crippen LogP contribution in [-0.4, -0.2) is 36.6 Å². The lowest BCUT2D eigenvalue weighted by Gasteiger charge is -2.20. The molecule has 0 aliphatic carbocycles. The Kier molecular flexibility index (Phi) is 3.09. The standard InChI is InChI=1S/C9H17NO2/c1-7(2)12-6-8-4-5-9(11)10(8)3/h7-8H,4-6H2,1-3H3/t8-/m0/s1. The Bertz CT molecular complexity index is 168. The third kappa shape index (κ3) is 2.21. The van der Waals surface area contributed by atoms with Crippen LogP contribution in [0.4, 0.5) is 0 Å². The summed E-state index contributed by atoms with van der Waals surface area (Å²) in [4.78, 5) is 12.9. The maximum Gasteiger partial charge on any atom is 0.222 e. The predicted molar refractivity (Wildman–Crippen MR) is 46.9 cm³/mol. The summed E-state index contributed by atoms with van der Waals surface area (Å²) in [6.07, 6.45) is 1.89. The molecule has 70 valence electrons. The van der Waals surface area contributed by atoms with Crippen LogP contribution in [0.1, 0.15) is 26.7 Å². The van der Waals surface area contributed by atoms with Crippen molar-refractivity contribution in [3.63, 3.8) is 0 Å². The summed E-state index contributed by atoms with van der Waals surface area (Å²) in [5.74, 6) is 0.243. The van der Waals surface area contributed by atoms with Crippen LogP contribution in [0.25, 0.3) is 0 Å². The van der Waals surface area contributed by atoms with Gasteiger partial charge in [-0.3, -0.25) is 4.79 Å². The number of nitrogens with zero attached hydrogens (tertiary/aromatic N) is 1. The normalized spacial score (nSPS) is 24.2. The fourth-order valence-electron chi connectivity index (χ4n) is 1.36. The molecule has 1 rings (SSSR count). The van der Waals surface area contributed by atoms with Gasteiger partial charge in [0.2, 0.25) is 5.91 Å². The molecule has 0 spiro atoms. The molecular weight excluding hydrogens is 154 g/mol. The largest absolute Gasteiger partial charge is 0.377 e. The zero-order chi connectivity index (χ0) is 9.14. The second kappa shape index (κ2) is 3.90. The van der Waals surface area contributed by atoms with E-state index in [2.05, 4.69) is 0 Å². The molecule has 0 aromatic rings. The van der Waals surface area contributed by atoms with Crippen molar-refractivity contribution in [3.8, 4) is 0 Å². The van der Waals surface area contributed by atoms with Crippen molar-refractivity contribution in [2.24, 2.45) is 0 Å². The number of ether oxygens (including phenoxy) is 1. The Balaban J connectivity index is 2.29. The first-order valence-corrected chi connectivity index (χ1v) is 4.48. The number of carbonyl (C=O) groups excluding carboxylic acids is 1. The lowest BCUT2D eigenvalue weighted by molar-refractivity contribution is -0.128. The van der Waals surface area contributed by atoms with Crippen LogP contribution in [0.3, 0.4) is 0 Å². The van der Waals surface area contributed by atoms with Crippen LogP contribution in [0.15, 0.2) is 0 Å². The molecule has 1 aliphatic rings. The summed E-state index contributed by atoms with van der Waals surface area (Å²) in [5, 5.41) is 0. The number of likely N-dealkylation sites (tertiary alicyclic amines) is 1. The molecule has 0 unspecified atom stereocenters. The number of hydrogen-bond acceptors (Lipinski definition) is 2. The van der Waals surface area contributed by atoms with Crippen molar-refractivity contribution in [3.05, 3.63) is 0 Å². The summed E-state index contributed by atoms with van der Waals surface area (Å²) < 4.78 is 5.45. The molecule has 0 saturated carbocycles. The number of carbonyl (C=O) groups is 1. The van der Waals surface area contributed by atoms with Gasteiger partial charge in [0.1, 0.15) is 0 Å². The van der Waals surface area contributed by atoms with Gasteiger partial charge in [-0.15, -0.1) is 0 Å². The van der Waals surface area contributed by atoms with E-state index in [-0.39, 0.29) is 12.0 Å². The zero-order valence-corrected chi connectivity index (χ0v) is 8.04. The van der Waals surface area contributed by atoms with Crippen LogP contribution in [0.2, 0.25) is 0 Å². The van der Waals surface area contributed by atoms with Crippen LogP contribution >= 0.6 is 0 Å². The van der Waals surface area contributed by atoms with Crippen LogP contribution in [-0.2, 0) is 9.53 Å². The SMILES string of the molecule is CC(C)OC[C@@H]1CCC(=O)N1C. The summed E-state index contributed by atoms with van der Waals surface area (Å²) in [7, 11) is 1.85. The molecule has 1 heterocycles. The fraction of sp³-hybridized carbons (Fsp3) is 0.889. The maximum absolute atomic E-state index is 11.1. The molecule has 1 aliphatic heterocycles.